The number of hydrogen-bond donors (Lipinski definition) is 3. The Morgan fingerprint density at radius 2 is 0.889 bits per heavy atom. The minimum atomic E-state index is -4.64. The van der Waals surface area contributed by atoms with Crippen LogP contribution in [-0.2, 0) is 32.7 Å². The minimum Gasteiger partial charge on any atom is -0.480 e. The fraction of sp³-hybridized carbons (Fsp3) is 0.731. The average molecular weight is 906 g/mol. The van der Waals surface area contributed by atoms with Crippen molar-refractivity contribution in [2.45, 2.75) is 219 Å². The summed E-state index contributed by atoms with van der Waals surface area (Å²) in [6, 6.07) is -1.49. The van der Waals surface area contributed by atoms with E-state index in [-0.39, 0.29) is 13.0 Å². The van der Waals surface area contributed by atoms with Gasteiger partial charge in [0.15, 0.2) is 0 Å². The van der Waals surface area contributed by atoms with Crippen molar-refractivity contribution in [1.29, 1.82) is 0 Å². The van der Waals surface area contributed by atoms with E-state index in [1.54, 1.807) is 0 Å². The molecule has 0 amide bonds. The number of allylic oxidation sites excluding steroid dienone is 12. The zero-order chi connectivity index (χ0) is 46.2. The first kappa shape index (κ1) is 60.4. The molecule has 0 aromatic heterocycles. The maximum Gasteiger partial charge on any atom is 0.472 e. The molecule has 364 valence electrons. The van der Waals surface area contributed by atoms with Gasteiger partial charge in [-0.05, 0) is 51.4 Å². The van der Waals surface area contributed by atoms with Crippen LogP contribution in [0.15, 0.2) is 72.9 Å². The quantitative estimate of drug-likeness (QED) is 0.0233. The van der Waals surface area contributed by atoms with Gasteiger partial charge in [-0.1, -0.05) is 222 Å². The van der Waals surface area contributed by atoms with E-state index in [1.165, 1.54) is 122 Å². The summed E-state index contributed by atoms with van der Waals surface area (Å²) in [6.45, 7) is 3.70. The molecule has 0 fully saturated rings. The lowest BCUT2D eigenvalue weighted by Gasteiger charge is -2.20. The highest BCUT2D eigenvalue weighted by atomic mass is 31.2. The highest BCUT2D eigenvalue weighted by molar-refractivity contribution is 7.47. The molecule has 0 aliphatic heterocycles. The molecule has 0 radical (unpaired) electrons. The number of phosphoric ester groups is 1. The standard InChI is InChI=1S/C52H92NO9P/c1-3-5-7-9-11-13-15-17-19-21-23-24-25-27-29-31-33-35-37-39-41-43-45-59-46-49(47-60-63(57,58)61-48-50(53)52(55)56)62-51(54)44-42-40-38-36-34-32-30-28-26-22-20-18-16-14-12-10-8-6-4-2/h6,8,12,14,18,20,26,28,32,34,38,40,49-50H,3-5,7,9-11,13,15-17,19,21-25,27,29-31,33,35-37,39,41-48,53H2,1-2H3,(H,55,56)(H,57,58)/b8-6-,14-12-,20-18-,28-26-,34-32-,40-38-. The Bertz CT molecular complexity index is 1280. The van der Waals surface area contributed by atoms with Crippen LogP contribution < -0.4 is 5.73 Å². The lowest BCUT2D eigenvalue weighted by atomic mass is 10.0. The molecule has 0 aromatic carbocycles. The number of rotatable bonds is 47. The average Bonchev–Trinajstić information content (AvgIpc) is 3.26. The summed E-state index contributed by atoms with van der Waals surface area (Å²) in [5, 5.41) is 8.92. The number of ether oxygens (including phenoxy) is 2. The third-order valence-corrected chi connectivity index (χ3v) is 11.5. The van der Waals surface area contributed by atoms with Crippen molar-refractivity contribution in [3.8, 4) is 0 Å². The number of carboxylic acid groups (broad SMARTS) is 1. The summed E-state index contributed by atoms with van der Waals surface area (Å²) in [4.78, 5) is 33.6. The van der Waals surface area contributed by atoms with Gasteiger partial charge in [-0.2, -0.15) is 0 Å². The van der Waals surface area contributed by atoms with Crippen LogP contribution in [0.2, 0.25) is 0 Å². The Labute approximate surface area is 384 Å². The zero-order valence-corrected chi connectivity index (χ0v) is 40.8. The van der Waals surface area contributed by atoms with Gasteiger partial charge in [-0.25, -0.2) is 4.57 Å². The molecule has 0 spiro atoms. The molecule has 0 aliphatic rings. The Morgan fingerprint density at radius 1 is 0.524 bits per heavy atom. The van der Waals surface area contributed by atoms with E-state index < -0.39 is 45.1 Å². The van der Waals surface area contributed by atoms with E-state index >= 15 is 0 Å². The number of carbonyl (C=O) groups is 2. The second-order valence-corrected chi connectivity index (χ2v) is 18.0. The molecule has 0 bridgehead atoms. The van der Waals surface area contributed by atoms with E-state index in [2.05, 4.69) is 74.6 Å². The van der Waals surface area contributed by atoms with Gasteiger partial charge in [-0.3, -0.25) is 18.6 Å². The van der Waals surface area contributed by atoms with Crippen LogP contribution in [0.5, 0.6) is 0 Å². The lowest BCUT2D eigenvalue weighted by Crippen LogP contribution is -2.34. The van der Waals surface area contributed by atoms with Crippen LogP contribution in [0.3, 0.4) is 0 Å². The molecular weight excluding hydrogens is 814 g/mol. The third kappa shape index (κ3) is 47.2. The highest BCUT2D eigenvalue weighted by Crippen LogP contribution is 2.43. The summed E-state index contributed by atoms with van der Waals surface area (Å²) in [5.74, 6) is -1.87. The lowest BCUT2D eigenvalue weighted by molar-refractivity contribution is -0.154. The van der Waals surface area contributed by atoms with Crippen molar-refractivity contribution in [3.05, 3.63) is 72.9 Å². The first-order chi connectivity index (χ1) is 30.7. The largest absolute Gasteiger partial charge is 0.480 e. The predicted octanol–water partition coefficient (Wildman–Crippen LogP) is 14.5. The van der Waals surface area contributed by atoms with Gasteiger partial charge in [-0.15, -0.1) is 0 Å². The maximum absolute atomic E-state index is 12.6. The smallest absolute Gasteiger partial charge is 0.472 e. The van der Waals surface area contributed by atoms with Crippen LogP contribution in [0.1, 0.15) is 206 Å². The first-order valence-electron chi connectivity index (χ1n) is 25.0. The van der Waals surface area contributed by atoms with E-state index in [0.29, 0.717) is 13.0 Å². The topological polar surface area (TPSA) is 155 Å². The predicted molar refractivity (Wildman–Crippen MR) is 263 cm³/mol. The number of carbonyl (C=O) groups excluding carboxylic acids is 1. The Kier molecular flexibility index (Phi) is 45.4. The SMILES string of the molecule is CC/C=C\C/C=C\C/C=C\C/C=C\C/C=C\C/C=C\CCC(=O)OC(COCCCCCCCCCCCCCCCCCCCCCCCC)COP(=O)(O)OCC(N)C(=O)O. The van der Waals surface area contributed by atoms with Crippen LogP contribution in [-0.4, -0.2) is 60.5 Å². The molecular formula is C52H92NO9P. The van der Waals surface area contributed by atoms with Gasteiger partial charge in [0.25, 0.3) is 0 Å². The van der Waals surface area contributed by atoms with Crippen molar-refractivity contribution >= 4 is 19.8 Å². The Hall–Kier alpha value is -2.59. The van der Waals surface area contributed by atoms with Crippen molar-refractivity contribution in [3.63, 3.8) is 0 Å². The summed E-state index contributed by atoms with van der Waals surface area (Å²) < 4.78 is 33.4. The van der Waals surface area contributed by atoms with Crippen molar-refractivity contribution in [1.82, 2.24) is 0 Å². The molecule has 0 aromatic rings. The van der Waals surface area contributed by atoms with Crippen LogP contribution >= 0.6 is 7.82 Å². The summed E-state index contributed by atoms with van der Waals surface area (Å²) in [5.41, 5.74) is 5.36. The second-order valence-electron chi connectivity index (χ2n) is 16.6. The molecule has 0 aliphatic carbocycles. The number of nitrogens with two attached hydrogens (primary N) is 1. The van der Waals surface area contributed by atoms with Gasteiger partial charge < -0.3 is 25.2 Å². The van der Waals surface area contributed by atoms with Gasteiger partial charge in [0, 0.05) is 13.0 Å². The maximum atomic E-state index is 12.6. The van der Waals surface area contributed by atoms with E-state index in [0.717, 1.165) is 57.8 Å². The van der Waals surface area contributed by atoms with E-state index in [4.69, 9.17) is 29.4 Å². The number of aliphatic carboxylic acids is 1. The van der Waals surface area contributed by atoms with E-state index in [9.17, 15) is 19.0 Å². The van der Waals surface area contributed by atoms with Gasteiger partial charge in [0.1, 0.15) is 12.1 Å². The fourth-order valence-electron chi connectivity index (χ4n) is 6.69. The van der Waals surface area contributed by atoms with Gasteiger partial charge in [0.05, 0.1) is 19.8 Å². The molecule has 10 nitrogen and oxygen atoms in total. The number of unbranched alkanes of at least 4 members (excludes halogenated alkanes) is 21. The zero-order valence-electron chi connectivity index (χ0n) is 39.9. The summed E-state index contributed by atoms with van der Waals surface area (Å²) in [6.07, 6.45) is 59.8. The molecule has 3 atom stereocenters. The molecule has 63 heavy (non-hydrogen) atoms. The normalized spacial score (nSPS) is 14.3. The summed E-state index contributed by atoms with van der Waals surface area (Å²) in [7, 11) is -4.64. The highest BCUT2D eigenvalue weighted by Gasteiger charge is 2.27. The molecule has 0 saturated carbocycles. The van der Waals surface area contributed by atoms with Crippen molar-refractivity contribution < 1.29 is 42.7 Å². The number of hydrogen-bond acceptors (Lipinski definition) is 8. The van der Waals surface area contributed by atoms with Gasteiger partial charge in [0.2, 0.25) is 0 Å². The summed E-state index contributed by atoms with van der Waals surface area (Å²) >= 11 is 0. The van der Waals surface area contributed by atoms with Crippen molar-refractivity contribution in [2.75, 3.05) is 26.4 Å². The first-order valence-corrected chi connectivity index (χ1v) is 26.5. The Morgan fingerprint density at radius 3 is 1.29 bits per heavy atom. The number of carboxylic acids is 1. The number of esters is 1. The Balaban J connectivity index is 4.24. The van der Waals surface area contributed by atoms with Gasteiger partial charge >= 0.3 is 19.8 Å². The van der Waals surface area contributed by atoms with E-state index in [1.807, 2.05) is 12.2 Å². The molecule has 3 unspecified atom stereocenters. The molecule has 0 heterocycles. The second kappa shape index (κ2) is 47.4. The van der Waals surface area contributed by atoms with Crippen LogP contribution in [0.4, 0.5) is 0 Å². The third-order valence-electron chi connectivity index (χ3n) is 10.5. The monoisotopic (exact) mass is 906 g/mol. The molecule has 0 rings (SSSR count). The van der Waals surface area contributed by atoms with Crippen LogP contribution in [0.25, 0.3) is 0 Å². The molecule has 11 heteroatoms. The van der Waals surface area contributed by atoms with Crippen LogP contribution in [0, 0.1) is 0 Å². The number of phosphoric acid groups is 1. The molecule has 0 saturated heterocycles. The molecule has 4 N–H and O–H groups in total. The minimum absolute atomic E-state index is 0.0143. The fourth-order valence-corrected chi connectivity index (χ4v) is 7.47. The van der Waals surface area contributed by atoms with Crippen molar-refractivity contribution in [2.24, 2.45) is 5.73 Å².